The molecule has 0 aliphatic carbocycles. The summed E-state index contributed by atoms with van der Waals surface area (Å²) in [6.45, 7) is 2.74. The summed E-state index contributed by atoms with van der Waals surface area (Å²) in [5, 5.41) is 9.81. The first-order valence-corrected chi connectivity index (χ1v) is 7.40. The van der Waals surface area contributed by atoms with Gasteiger partial charge in [-0.1, -0.05) is 11.6 Å². The molecule has 1 atom stereocenters. The van der Waals surface area contributed by atoms with Gasteiger partial charge in [0, 0.05) is 24.7 Å². The maximum Gasteiger partial charge on any atom is 0.231 e. The van der Waals surface area contributed by atoms with E-state index in [-0.39, 0.29) is 18.6 Å². The fourth-order valence-corrected chi connectivity index (χ4v) is 2.77. The minimum Gasteiger partial charge on any atom is -0.373 e. The molecular formula is C15H19ClN4O2. The number of halogens is 1. The van der Waals surface area contributed by atoms with Crippen molar-refractivity contribution in [3.05, 3.63) is 28.8 Å². The van der Waals surface area contributed by atoms with Crippen LogP contribution in [0.25, 0.3) is 0 Å². The Bertz CT molecular complexity index is 587. The van der Waals surface area contributed by atoms with Crippen molar-refractivity contribution < 1.29 is 9.53 Å². The van der Waals surface area contributed by atoms with Crippen molar-refractivity contribution in [1.29, 1.82) is 5.26 Å². The number of nitrogens with two attached hydrogens (primary N) is 1. The second kappa shape index (κ2) is 7.45. The van der Waals surface area contributed by atoms with E-state index in [9.17, 15) is 10.1 Å². The average Bonchev–Trinajstić information content (AvgIpc) is 2.46. The number of carbonyl (C=O) groups excluding carboxylic acids is 1. The van der Waals surface area contributed by atoms with Gasteiger partial charge in [-0.05, 0) is 25.2 Å². The van der Waals surface area contributed by atoms with Gasteiger partial charge in [-0.3, -0.25) is 9.69 Å². The number of primary amides is 1. The molecule has 1 unspecified atom stereocenters. The molecule has 0 bridgehead atoms. The Balaban J connectivity index is 2.05. The van der Waals surface area contributed by atoms with Crippen LogP contribution in [0.1, 0.15) is 5.56 Å². The molecule has 1 aliphatic heterocycles. The first-order valence-electron chi connectivity index (χ1n) is 7.02. The predicted octanol–water partition coefficient (Wildman–Crippen LogP) is 0.834. The number of rotatable bonds is 5. The number of ether oxygens (including phenoxy) is 1. The van der Waals surface area contributed by atoms with Gasteiger partial charge in [0.2, 0.25) is 5.91 Å². The second-order valence-corrected chi connectivity index (χ2v) is 5.81. The lowest BCUT2D eigenvalue weighted by Gasteiger charge is -2.36. The molecule has 22 heavy (non-hydrogen) atoms. The van der Waals surface area contributed by atoms with Crippen LogP contribution in [0.2, 0.25) is 5.02 Å². The number of nitrogens with zero attached hydrogens (tertiary/aromatic N) is 3. The Morgan fingerprint density at radius 3 is 3.09 bits per heavy atom. The van der Waals surface area contributed by atoms with Crippen LogP contribution in [-0.4, -0.2) is 56.7 Å². The lowest BCUT2D eigenvalue weighted by molar-refractivity contribution is -0.119. The third-order valence-corrected chi connectivity index (χ3v) is 3.73. The van der Waals surface area contributed by atoms with Gasteiger partial charge in [0.05, 0.1) is 30.5 Å². The third-order valence-electron chi connectivity index (χ3n) is 3.50. The topological polar surface area (TPSA) is 82.6 Å². The van der Waals surface area contributed by atoms with E-state index in [0.717, 1.165) is 5.69 Å². The quantitative estimate of drug-likeness (QED) is 0.868. The van der Waals surface area contributed by atoms with E-state index < -0.39 is 0 Å². The van der Waals surface area contributed by atoms with Crippen molar-refractivity contribution in [3.63, 3.8) is 0 Å². The van der Waals surface area contributed by atoms with Gasteiger partial charge in [-0.2, -0.15) is 5.26 Å². The largest absolute Gasteiger partial charge is 0.373 e. The molecule has 0 saturated carbocycles. The molecule has 0 aromatic heterocycles. The van der Waals surface area contributed by atoms with E-state index in [4.69, 9.17) is 22.1 Å². The number of morpholine rings is 1. The highest BCUT2D eigenvalue weighted by atomic mass is 35.5. The number of likely N-dealkylation sites (N-methyl/N-ethyl adjacent to an activating group) is 1. The molecule has 2 rings (SSSR count). The maximum atomic E-state index is 10.9. The van der Waals surface area contributed by atoms with Crippen molar-refractivity contribution in [2.24, 2.45) is 5.73 Å². The van der Waals surface area contributed by atoms with Crippen LogP contribution in [0.4, 0.5) is 5.69 Å². The molecule has 1 aromatic carbocycles. The van der Waals surface area contributed by atoms with Crippen LogP contribution >= 0.6 is 11.6 Å². The van der Waals surface area contributed by atoms with Gasteiger partial charge >= 0.3 is 0 Å². The molecule has 2 N–H and O–H groups in total. The molecule has 7 heteroatoms. The highest BCUT2D eigenvalue weighted by Crippen LogP contribution is 2.25. The smallest absolute Gasteiger partial charge is 0.231 e. The van der Waals surface area contributed by atoms with Gasteiger partial charge in [-0.15, -0.1) is 0 Å². The zero-order valence-electron chi connectivity index (χ0n) is 12.5. The van der Waals surface area contributed by atoms with E-state index >= 15 is 0 Å². The number of carbonyl (C=O) groups is 1. The number of amides is 1. The van der Waals surface area contributed by atoms with Gasteiger partial charge < -0.3 is 15.4 Å². The number of anilines is 1. The molecule has 1 heterocycles. The Morgan fingerprint density at radius 2 is 2.41 bits per heavy atom. The molecule has 1 saturated heterocycles. The van der Waals surface area contributed by atoms with E-state index in [1.807, 2.05) is 18.0 Å². The van der Waals surface area contributed by atoms with Crippen LogP contribution in [0, 0.1) is 11.3 Å². The second-order valence-electron chi connectivity index (χ2n) is 5.38. The monoisotopic (exact) mass is 322 g/mol. The van der Waals surface area contributed by atoms with Crippen LogP contribution in [-0.2, 0) is 9.53 Å². The molecule has 1 aliphatic rings. The summed E-state index contributed by atoms with van der Waals surface area (Å²) < 4.78 is 5.73. The summed E-state index contributed by atoms with van der Waals surface area (Å²) in [5.41, 5.74) is 6.60. The van der Waals surface area contributed by atoms with E-state index in [0.29, 0.717) is 36.8 Å². The van der Waals surface area contributed by atoms with Crippen molar-refractivity contribution >= 4 is 23.2 Å². The fourth-order valence-electron chi connectivity index (χ4n) is 2.60. The zero-order chi connectivity index (χ0) is 16.1. The molecule has 1 amide bonds. The highest BCUT2D eigenvalue weighted by Gasteiger charge is 2.24. The van der Waals surface area contributed by atoms with Crippen LogP contribution in [0.5, 0.6) is 0 Å². The van der Waals surface area contributed by atoms with E-state index in [2.05, 4.69) is 11.0 Å². The SMILES string of the molecule is CN(CC(N)=O)CC1CN(c2ccc(Cl)cc2C#N)CCO1. The third kappa shape index (κ3) is 4.34. The van der Waals surface area contributed by atoms with Crippen molar-refractivity contribution in [2.45, 2.75) is 6.10 Å². The first kappa shape index (κ1) is 16.6. The minimum atomic E-state index is -0.361. The number of benzene rings is 1. The fraction of sp³-hybridized carbons (Fsp3) is 0.467. The van der Waals surface area contributed by atoms with Gasteiger partial charge in [-0.25, -0.2) is 0 Å². The molecule has 1 aromatic rings. The summed E-state index contributed by atoms with van der Waals surface area (Å²) in [6.07, 6.45) is -0.0414. The Morgan fingerprint density at radius 1 is 1.64 bits per heavy atom. The highest BCUT2D eigenvalue weighted by molar-refractivity contribution is 6.30. The normalized spacial score (nSPS) is 18.3. The average molecular weight is 323 g/mol. The summed E-state index contributed by atoms with van der Waals surface area (Å²) in [4.78, 5) is 14.9. The minimum absolute atomic E-state index is 0.0414. The Kier molecular flexibility index (Phi) is 5.61. The number of hydrogen-bond donors (Lipinski definition) is 1. The lowest BCUT2D eigenvalue weighted by Crippen LogP contribution is -2.48. The first-order chi connectivity index (χ1) is 10.5. The molecule has 6 nitrogen and oxygen atoms in total. The Labute approximate surface area is 135 Å². The van der Waals surface area contributed by atoms with Crippen LogP contribution < -0.4 is 10.6 Å². The van der Waals surface area contributed by atoms with Crippen LogP contribution in [0.15, 0.2) is 18.2 Å². The molecule has 118 valence electrons. The molecule has 0 radical (unpaired) electrons. The molecule has 1 fully saturated rings. The van der Waals surface area contributed by atoms with E-state index in [1.165, 1.54) is 0 Å². The summed E-state index contributed by atoms with van der Waals surface area (Å²) in [5.74, 6) is -0.361. The Hall–Kier alpha value is -1.81. The summed E-state index contributed by atoms with van der Waals surface area (Å²) >= 11 is 5.94. The van der Waals surface area contributed by atoms with Gasteiger partial charge in [0.1, 0.15) is 6.07 Å². The van der Waals surface area contributed by atoms with Gasteiger partial charge in [0.25, 0.3) is 0 Å². The molecule has 0 spiro atoms. The maximum absolute atomic E-state index is 10.9. The zero-order valence-corrected chi connectivity index (χ0v) is 13.2. The predicted molar refractivity (Wildman–Crippen MR) is 84.8 cm³/mol. The number of hydrogen-bond acceptors (Lipinski definition) is 5. The van der Waals surface area contributed by atoms with Gasteiger partial charge in [0.15, 0.2) is 0 Å². The summed E-state index contributed by atoms with van der Waals surface area (Å²) in [6, 6.07) is 7.48. The number of nitriles is 1. The van der Waals surface area contributed by atoms with Crippen LogP contribution in [0.3, 0.4) is 0 Å². The lowest BCUT2D eigenvalue weighted by atomic mass is 10.1. The van der Waals surface area contributed by atoms with Crippen molar-refractivity contribution in [2.75, 3.05) is 44.7 Å². The summed E-state index contributed by atoms with van der Waals surface area (Å²) in [7, 11) is 1.83. The van der Waals surface area contributed by atoms with Crippen molar-refractivity contribution in [1.82, 2.24) is 4.90 Å². The standard InChI is InChI=1S/C15H19ClN4O2/c1-19(10-15(18)21)8-13-9-20(4-5-22-13)14-3-2-12(16)6-11(14)7-17/h2-3,6,13H,4-5,8-10H2,1H3,(H2,18,21). The van der Waals surface area contributed by atoms with E-state index in [1.54, 1.807) is 12.1 Å². The molecular weight excluding hydrogens is 304 g/mol. The van der Waals surface area contributed by atoms with Crippen molar-refractivity contribution in [3.8, 4) is 6.07 Å².